The molecular formula is C11H18ClN5O4. The molecule has 10 heteroatoms. The fraction of sp³-hybridized carbons (Fsp3) is 0.636. The molecule has 0 aromatic heterocycles. The number of urea groups is 1. The van der Waals surface area contributed by atoms with E-state index < -0.39 is 24.5 Å². The number of guanidine groups is 1. The Morgan fingerprint density at radius 3 is 2.81 bits per heavy atom. The minimum atomic E-state index is -1.19. The predicted molar refractivity (Wildman–Crippen MR) is 76.5 cm³/mol. The monoisotopic (exact) mass is 319 g/mol. The predicted octanol–water partition coefficient (Wildman–Crippen LogP) is -1.30. The molecule has 0 aromatic rings. The van der Waals surface area contributed by atoms with Gasteiger partial charge in [0.25, 0.3) is 5.91 Å². The van der Waals surface area contributed by atoms with E-state index in [1.54, 1.807) is 0 Å². The summed E-state index contributed by atoms with van der Waals surface area (Å²) in [6, 6.07) is -0.534. The Morgan fingerprint density at radius 2 is 2.19 bits per heavy atom. The average Bonchev–Trinajstić information content (AvgIpc) is 2.98. The molecule has 2 aliphatic rings. The maximum Gasteiger partial charge on any atom is 0.327 e. The van der Waals surface area contributed by atoms with Gasteiger partial charge in [-0.3, -0.25) is 19.5 Å². The number of rotatable bonds is 6. The van der Waals surface area contributed by atoms with E-state index in [0.717, 1.165) is 23.9 Å². The summed E-state index contributed by atoms with van der Waals surface area (Å²) in [7, 11) is 0. The molecule has 0 bridgehead atoms. The molecule has 0 aromatic carbocycles. The zero-order valence-electron chi connectivity index (χ0n) is 11.4. The number of carboxylic acid groups (broad SMARTS) is 1. The van der Waals surface area contributed by atoms with Gasteiger partial charge in [0.1, 0.15) is 13.1 Å². The molecule has 0 spiro atoms. The van der Waals surface area contributed by atoms with E-state index in [-0.39, 0.29) is 19.0 Å². The van der Waals surface area contributed by atoms with E-state index in [2.05, 4.69) is 15.6 Å². The van der Waals surface area contributed by atoms with Crippen LogP contribution >= 0.6 is 12.4 Å². The van der Waals surface area contributed by atoms with Gasteiger partial charge in [-0.05, 0) is 6.42 Å². The van der Waals surface area contributed by atoms with E-state index in [9.17, 15) is 14.4 Å². The van der Waals surface area contributed by atoms with Crippen LogP contribution in [0.2, 0.25) is 0 Å². The Balaban J connectivity index is 0.00000220. The van der Waals surface area contributed by atoms with Crippen molar-refractivity contribution >= 4 is 36.3 Å². The van der Waals surface area contributed by atoms with E-state index in [0.29, 0.717) is 19.5 Å². The molecule has 0 saturated carbocycles. The summed E-state index contributed by atoms with van der Waals surface area (Å²) in [5.74, 6) is -0.908. The Morgan fingerprint density at radius 1 is 1.43 bits per heavy atom. The van der Waals surface area contributed by atoms with Crippen molar-refractivity contribution in [3.05, 3.63) is 0 Å². The summed E-state index contributed by atoms with van der Waals surface area (Å²) in [5, 5.41) is 14.8. The summed E-state index contributed by atoms with van der Waals surface area (Å²) < 4.78 is 0. The van der Waals surface area contributed by atoms with Crippen molar-refractivity contribution in [3.8, 4) is 0 Å². The molecule has 0 unspecified atom stereocenters. The highest BCUT2D eigenvalue weighted by Crippen LogP contribution is 2.10. The first kappa shape index (κ1) is 17.0. The van der Waals surface area contributed by atoms with Gasteiger partial charge in [0.05, 0.1) is 6.54 Å². The minimum absolute atomic E-state index is 0. The second-order valence-corrected chi connectivity index (χ2v) is 4.52. The molecule has 9 nitrogen and oxygen atoms in total. The molecule has 2 heterocycles. The largest absolute Gasteiger partial charge is 0.480 e. The van der Waals surface area contributed by atoms with Crippen LogP contribution in [0.15, 0.2) is 4.99 Å². The van der Waals surface area contributed by atoms with Crippen molar-refractivity contribution < 1.29 is 19.5 Å². The van der Waals surface area contributed by atoms with E-state index in [1.165, 1.54) is 4.90 Å². The third kappa shape index (κ3) is 4.48. The van der Waals surface area contributed by atoms with Crippen LogP contribution in [0.3, 0.4) is 0 Å². The van der Waals surface area contributed by atoms with Crippen LogP contribution < -0.4 is 10.6 Å². The van der Waals surface area contributed by atoms with Crippen LogP contribution in [-0.2, 0) is 9.59 Å². The van der Waals surface area contributed by atoms with Gasteiger partial charge in [0.2, 0.25) is 0 Å². The average molecular weight is 320 g/mol. The summed E-state index contributed by atoms with van der Waals surface area (Å²) in [6.45, 7) is 1.99. The highest BCUT2D eigenvalue weighted by molar-refractivity contribution is 6.03. The number of carbonyl (C=O) groups is 3. The van der Waals surface area contributed by atoms with Crippen LogP contribution in [0, 0.1) is 0 Å². The zero-order chi connectivity index (χ0) is 14.5. The van der Waals surface area contributed by atoms with Crippen molar-refractivity contribution in [3.63, 3.8) is 0 Å². The van der Waals surface area contributed by atoms with Crippen molar-refractivity contribution in [2.75, 3.05) is 39.3 Å². The molecule has 2 aliphatic heterocycles. The van der Waals surface area contributed by atoms with Gasteiger partial charge in [-0.2, -0.15) is 0 Å². The fourth-order valence-electron chi connectivity index (χ4n) is 2.05. The number of nitrogens with zero attached hydrogens (tertiary/aromatic N) is 3. The van der Waals surface area contributed by atoms with Gasteiger partial charge in [-0.15, -0.1) is 12.4 Å². The SMILES string of the molecule is Cl.O=C(O)CN1C(=O)CN(CCCNC2=NCCN2)C1=O. The fourth-order valence-corrected chi connectivity index (χ4v) is 2.05. The molecule has 1 saturated heterocycles. The standard InChI is InChI=1S/C11H17N5O4.ClH/c17-8-6-15(11(20)16(8)7-9(18)19)5-1-2-12-10-13-3-4-14-10;/h1-7H2,(H,18,19)(H2,12,13,14);1H. The lowest BCUT2D eigenvalue weighted by molar-refractivity contribution is -0.141. The number of hydrogen-bond acceptors (Lipinski definition) is 6. The van der Waals surface area contributed by atoms with Gasteiger partial charge >= 0.3 is 12.0 Å². The summed E-state index contributed by atoms with van der Waals surface area (Å²) >= 11 is 0. The number of halogens is 1. The third-order valence-corrected chi connectivity index (χ3v) is 2.99. The first-order valence-corrected chi connectivity index (χ1v) is 6.41. The molecule has 0 aliphatic carbocycles. The minimum Gasteiger partial charge on any atom is -0.480 e. The highest BCUT2D eigenvalue weighted by atomic mass is 35.5. The van der Waals surface area contributed by atoms with E-state index >= 15 is 0 Å². The zero-order valence-corrected chi connectivity index (χ0v) is 12.2. The molecule has 2 rings (SSSR count). The third-order valence-electron chi connectivity index (χ3n) is 2.99. The molecule has 0 radical (unpaired) electrons. The van der Waals surface area contributed by atoms with Crippen LogP contribution in [0.1, 0.15) is 6.42 Å². The number of aliphatic carboxylic acids is 1. The van der Waals surface area contributed by atoms with Gasteiger partial charge in [-0.1, -0.05) is 0 Å². The van der Waals surface area contributed by atoms with Crippen LogP contribution in [0.5, 0.6) is 0 Å². The number of carbonyl (C=O) groups excluding carboxylic acids is 2. The summed E-state index contributed by atoms with van der Waals surface area (Å²) in [5.41, 5.74) is 0. The number of hydrogen-bond donors (Lipinski definition) is 3. The van der Waals surface area contributed by atoms with Crippen LogP contribution in [-0.4, -0.2) is 78.0 Å². The van der Waals surface area contributed by atoms with Crippen molar-refractivity contribution in [1.29, 1.82) is 0 Å². The number of amides is 3. The molecule has 118 valence electrons. The Bertz CT molecular complexity index is 456. The molecule has 21 heavy (non-hydrogen) atoms. The first-order chi connectivity index (χ1) is 9.58. The van der Waals surface area contributed by atoms with Crippen molar-refractivity contribution in [2.24, 2.45) is 4.99 Å². The second-order valence-electron chi connectivity index (χ2n) is 4.52. The number of nitrogens with one attached hydrogen (secondary N) is 2. The maximum atomic E-state index is 11.8. The number of aliphatic imine (C=N–C) groups is 1. The summed E-state index contributed by atoms with van der Waals surface area (Å²) in [4.78, 5) is 40.2. The molecule has 1 fully saturated rings. The number of imide groups is 1. The van der Waals surface area contributed by atoms with Crippen LogP contribution in [0.25, 0.3) is 0 Å². The Labute approximate surface area is 127 Å². The Hall–Kier alpha value is -2.03. The first-order valence-electron chi connectivity index (χ1n) is 6.41. The van der Waals surface area contributed by atoms with Crippen molar-refractivity contribution in [2.45, 2.75) is 6.42 Å². The second kappa shape index (κ2) is 7.67. The van der Waals surface area contributed by atoms with Crippen molar-refractivity contribution in [1.82, 2.24) is 20.4 Å². The van der Waals surface area contributed by atoms with Gasteiger partial charge in [0.15, 0.2) is 5.96 Å². The summed E-state index contributed by atoms with van der Waals surface area (Å²) in [6.07, 6.45) is 0.653. The Kier molecular flexibility index (Phi) is 6.22. The van der Waals surface area contributed by atoms with E-state index in [4.69, 9.17) is 5.11 Å². The molecular weight excluding hydrogens is 302 g/mol. The molecule has 3 N–H and O–H groups in total. The number of carboxylic acids is 1. The highest BCUT2D eigenvalue weighted by Gasteiger charge is 2.36. The smallest absolute Gasteiger partial charge is 0.327 e. The lowest BCUT2D eigenvalue weighted by atomic mass is 10.4. The molecule has 3 amide bonds. The molecule has 0 atom stereocenters. The maximum absolute atomic E-state index is 11.8. The topological polar surface area (TPSA) is 114 Å². The van der Waals surface area contributed by atoms with Gasteiger partial charge in [-0.25, -0.2) is 4.79 Å². The van der Waals surface area contributed by atoms with Crippen LogP contribution in [0.4, 0.5) is 4.79 Å². The normalized spacial score (nSPS) is 17.4. The van der Waals surface area contributed by atoms with Gasteiger partial charge < -0.3 is 20.6 Å². The van der Waals surface area contributed by atoms with E-state index in [1.807, 2.05) is 0 Å². The quantitative estimate of drug-likeness (QED) is 0.414. The lowest BCUT2D eigenvalue weighted by Crippen LogP contribution is -2.38. The lowest BCUT2D eigenvalue weighted by Gasteiger charge is -2.16. The van der Waals surface area contributed by atoms with Gasteiger partial charge in [0, 0.05) is 19.6 Å².